The Morgan fingerprint density at radius 1 is 1.11 bits per heavy atom. The van der Waals surface area contributed by atoms with Gasteiger partial charge in [0, 0.05) is 37.9 Å². The lowest BCUT2D eigenvalue weighted by Gasteiger charge is -2.35. The van der Waals surface area contributed by atoms with Crippen LogP contribution in [0.15, 0.2) is 59.5 Å². The molecule has 1 N–H and O–H groups in total. The van der Waals surface area contributed by atoms with Gasteiger partial charge >= 0.3 is 0 Å². The van der Waals surface area contributed by atoms with Crippen molar-refractivity contribution in [3.63, 3.8) is 0 Å². The number of rotatable bonds is 5. The largest absolute Gasteiger partial charge is 0.468 e. The molecule has 28 heavy (non-hydrogen) atoms. The van der Waals surface area contributed by atoms with Gasteiger partial charge in [0.1, 0.15) is 11.6 Å². The normalized spacial score (nSPS) is 15.0. The maximum absolute atomic E-state index is 13.8. The Labute approximate surface area is 168 Å². The third-order valence-corrected chi connectivity index (χ3v) is 5.15. The highest BCUT2D eigenvalue weighted by atomic mass is 32.1. The molecule has 0 unspecified atom stereocenters. The van der Waals surface area contributed by atoms with Crippen molar-refractivity contribution in [1.82, 2.24) is 19.6 Å². The fraction of sp³-hybridized carbons (Fsp3) is 0.300. The van der Waals surface area contributed by atoms with Gasteiger partial charge in [-0.25, -0.2) is 4.39 Å². The zero-order valence-corrected chi connectivity index (χ0v) is 16.2. The first-order valence-corrected chi connectivity index (χ1v) is 9.65. The first-order valence-electron chi connectivity index (χ1n) is 9.24. The second kappa shape index (κ2) is 8.53. The fourth-order valence-electron chi connectivity index (χ4n) is 3.25. The number of furan rings is 1. The molecule has 4 rings (SSSR count). The van der Waals surface area contributed by atoms with Crippen LogP contribution in [0, 0.1) is 5.82 Å². The van der Waals surface area contributed by atoms with Crippen molar-refractivity contribution in [2.24, 2.45) is 0 Å². The van der Waals surface area contributed by atoms with Crippen LogP contribution in [0.25, 0.3) is 0 Å². The molecule has 1 saturated heterocycles. The zero-order chi connectivity index (χ0) is 19.3. The van der Waals surface area contributed by atoms with Crippen molar-refractivity contribution in [1.29, 1.82) is 0 Å². The molecule has 1 aliphatic rings. The first kappa shape index (κ1) is 18.6. The highest BCUT2D eigenvalue weighted by molar-refractivity contribution is 7.80. The van der Waals surface area contributed by atoms with Gasteiger partial charge in [0.25, 0.3) is 0 Å². The second-order valence-electron chi connectivity index (χ2n) is 6.79. The van der Waals surface area contributed by atoms with Crippen LogP contribution in [0.4, 0.5) is 10.1 Å². The summed E-state index contributed by atoms with van der Waals surface area (Å²) in [5.41, 5.74) is 1.41. The lowest BCUT2D eigenvalue weighted by atomic mass is 10.2. The lowest BCUT2D eigenvalue weighted by Crippen LogP contribution is -2.49. The monoisotopic (exact) mass is 399 g/mol. The van der Waals surface area contributed by atoms with E-state index in [0.29, 0.717) is 17.2 Å². The number of hydrogen-bond acceptors (Lipinski definition) is 4. The molecule has 0 saturated carbocycles. The van der Waals surface area contributed by atoms with Crippen LogP contribution < -0.4 is 5.32 Å². The van der Waals surface area contributed by atoms with Gasteiger partial charge in [0.15, 0.2) is 5.11 Å². The molecule has 0 atom stereocenters. The smallest absolute Gasteiger partial charge is 0.173 e. The molecular weight excluding hydrogens is 377 g/mol. The number of piperazine rings is 1. The molecular formula is C20H22FN5OS. The molecule has 0 spiro atoms. The van der Waals surface area contributed by atoms with Gasteiger partial charge in [-0.1, -0.05) is 18.2 Å². The minimum absolute atomic E-state index is 0.226. The summed E-state index contributed by atoms with van der Waals surface area (Å²) >= 11 is 5.55. The Kier molecular flexibility index (Phi) is 5.68. The van der Waals surface area contributed by atoms with E-state index in [2.05, 4.69) is 20.2 Å². The number of nitrogens with zero attached hydrogens (tertiary/aromatic N) is 4. The number of anilines is 1. The van der Waals surface area contributed by atoms with E-state index >= 15 is 0 Å². The van der Waals surface area contributed by atoms with E-state index in [4.69, 9.17) is 16.6 Å². The lowest BCUT2D eigenvalue weighted by molar-refractivity contribution is 0.166. The fourth-order valence-corrected chi connectivity index (χ4v) is 3.55. The molecule has 0 aliphatic carbocycles. The Balaban J connectivity index is 1.27. The van der Waals surface area contributed by atoms with E-state index in [0.717, 1.165) is 44.2 Å². The molecule has 3 heterocycles. The molecule has 0 amide bonds. The molecule has 0 bridgehead atoms. The average Bonchev–Trinajstić information content (AvgIpc) is 3.36. The summed E-state index contributed by atoms with van der Waals surface area (Å²) in [5.74, 6) is 0.756. The Bertz CT molecular complexity index is 918. The standard InChI is InChI=1S/C20H22FN5OS/c21-19-6-2-1-4-16(19)13-26-14-17(12-22-26)23-20(28)25-9-7-24(8-10-25)15-18-5-3-11-27-18/h1-6,11-12,14H,7-10,13,15H2,(H,23,28). The summed E-state index contributed by atoms with van der Waals surface area (Å²) in [4.78, 5) is 4.51. The van der Waals surface area contributed by atoms with Crippen molar-refractivity contribution in [3.8, 4) is 0 Å². The van der Waals surface area contributed by atoms with Gasteiger partial charge in [-0.3, -0.25) is 9.58 Å². The molecule has 3 aromatic rings. The van der Waals surface area contributed by atoms with Gasteiger partial charge in [-0.05, 0) is 30.4 Å². The summed E-state index contributed by atoms with van der Waals surface area (Å²) in [6, 6.07) is 10.6. The van der Waals surface area contributed by atoms with Gasteiger partial charge in [0.05, 0.1) is 31.2 Å². The Morgan fingerprint density at radius 2 is 1.93 bits per heavy atom. The summed E-state index contributed by atoms with van der Waals surface area (Å²) in [6.07, 6.45) is 5.25. The number of nitrogens with one attached hydrogen (secondary N) is 1. The predicted octanol–water partition coefficient (Wildman–Crippen LogP) is 3.18. The van der Waals surface area contributed by atoms with E-state index in [-0.39, 0.29) is 5.82 Å². The highest BCUT2D eigenvalue weighted by Gasteiger charge is 2.20. The van der Waals surface area contributed by atoms with Crippen molar-refractivity contribution >= 4 is 23.0 Å². The van der Waals surface area contributed by atoms with Crippen LogP contribution in [0.2, 0.25) is 0 Å². The van der Waals surface area contributed by atoms with E-state index < -0.39 is 0 Å². The Hall–Kier alpha value is -2.71. The van der Waals surface area contributed by atoms with Gasteiger partial charge < -0.3 is 14.6 Å². The molecule has 2 aromatic heterocycles. The number of halogens is 1. The number of aromatic nitrogens is 2. The third kappa shape index (κ3) is 4.58. The van der Waals surface area contributed by atoms with E-state index in [1.807, 2.05) is 24.4 Å². The maximum atomic E-state index is 13.8. The quantitative estimate of drug-likeness (QED) is 0.665. The first-order chi connectivity index (χ1) is 13.7. The van der Waals surface area contributed by atoms with Crippen molar-refractivity contribution in [2.45, 2.75) is 13.1 Å². The van der Waals surface area contributed by atoms with Crippen molar-refractivity contribution < 1.29 is 8.81 Å². The number of thiocarbonyl (C=S) groups is 1. The SMILES string of the molecule is Fc1ccccc1Cn1cc(NC(=S)N2CCN(Cc3ccco3)CC2)cn1. The maximum Gasteiger partial charge on any atom is 0.173 e. The molecule has 1 aromatic carbocycles. The second-order valence-corrected chi connectivity index (χ2v) is 7.18. The third-order valence-electron chi connectivity index (χ3n) is 4.79. The highest BCUT2D eigenvalue weighted by Crippen LogP contribution is 2.13. The summed E-state index contributed by atoms with van der Waals surface area (Å²) in [5, 5.41) is 8.21. The van der Waals surface area contributed by atoms with Crippen LogP contribution in [0.3, 0.4) is 0 Å². The van der Waals surface area contributed by atoms with Crippen LogP contribution in [0.1, 0.15) is 11.3 Å². The van der Waals surface area contributed by atoms with Crippen LogP contribution in [-0.2, 0) is 13.1 Å². The number of hydrogen-bond donors (Lipinski definition) is 1. The van der Waals surface area contributed by atoms with Crippen LogP contribution in [0.5, 0.6) is 0 Å². The summed E-state index contributed by atoms with van der Waals surface area (Å²) in [6.45, 7) is 4.77. The van der Waals surface area contributed by atoms with Gasteiger partial charge in [-0.2, -0.15) is 5.10 Å². The average molecular weight is 399 g/mol. The minimum atomic E-state index is -0.226. The molecule has 1 fully saturated rings. The molecule has 146 valence electrons. The van der Waals surface area contributed by atoms with Gasteiger partial charge in [-0.15, -0.1) is 0 Å². The summed E-state index contributed by atoms with van der Waals surface area (Å²) in [7, 11) is 0. The zero-order valence-electron chi connectivity index (χ0n) is 15.4. The topological polar surface area (TPSA) is 49.5 Å². The molecule has 0 radical (unpaired) electrons. The van der Waals surface area contributed by atoms with Crippen molar-refractivity contribution in [2.75, 3.05) is 31.5 Å². The molecule has 8 heteroatoms. The Morgan fingerprint density at radius 3 is 2.68 bits per heavy atom. The van der Waals surface area contributed by atoms with E-state index in [1.165, 1.54) is 6.07 Å². The van der Waals surface area contributed by atoms with Gasteiger partial charge in [0.2, 0.25) is 0 Å². The minimum Gasteiger partial charge on any atom is -0.468 e. The van der Waals surface area contributed by atoms with Crippen LogP contribution in [-0.4, -0.2) is 50.9 Å². The number of benzene rings is 1. The van der Waals surface area contributed by atoms with Crippen molar-refractivity contribution in [3.05, 3.63) is 72.2 Å². The molecule has 6 nitrogen and oxygen atoms in total. The summed E-state index contributed by atoms with van der Waals surface area (Å²) < 4.78 is 20.9. The molecule has 1 aliphatic heterocycles. The predicted molar refractivity (Wildman–Crippen MR) is 110 cm³/mol. The van der Waals surface area contributed by atoms with Crippen LogP contribution >= 0.6 is 12.2 Å². The van der Waals surface area contributed by atoms with E-state index in [1.54, 1.807) is 29.3 Å². The van der Waals surface area contributed by atoms with E-state index in [9.17, 15) is 4.39 Å².